The van der Waals surface area contributed by atoms with Crippen LogP contribution in [0.1, 0.15) is 0 Å². The third kappa shape index (κ3) is 1.91. The summed E-state index contributed by atoms with van der Waals surface area (Å²) < 4.78 is 2.95. The van der Waals surface area contributed by atoms with Crippen LogP contribution in [-0.4, -0.2) is 9.38 Å². The zero-order chi connectivity index (χ0) is 11.8. The summed E-state index contributed by atoms with van der Waals surface area (Å²) in [6.45, 7) is 0. The van der Waals surface area contributed by atoms with E-state index in [-0.39, 0.29) is 5.43 Å². The van der Waals surface area contributed by atoms with Gasteiger partial charge in [-0.05, 0) is 17.7 Å². The van der Waals surface area contributed by atoms with E-state index in [1.165, 1.54) is 0 Å². The quantitative estimate of drug-likeness (QED) is 0.734. The maximum Gasteiger partial charge on any atom is 0.183 e. The molecule has 0 bridgehead atoms. The van der Waals surface area contributed by atoms with Crippen LogP contribution in [0.25, 0.3) is 16.9 Å². The lowest BCUT2D eigenvalue weighted by molar-refractivity contribution is 1.18. The second kappa shape index (κ2) is 3.89. The number of pyridine rings is 1. The first-order valence-electron chi connectivity index (χ1n) is 5.19. The molecule has 2 aromatic heterocycles. The highest BCUT2D eigenvalue weighted by atomic mass is 79.9. The first-order valence-corrected chi connectivity index (χ1v) is 5.99. The van der Waals surface area contributed by atoms with E-state index in [4.69, 9.17) is 0 Å². The smallest absolute Gasteiger partial charge is 0.183 e. The number of hydrogen-bond donors (Lipinski definition) is 1. The van der Waals surface area contributed by atoms with E-state index in [0.717, 1.165) is 21.4 Å². The summed E-state index contributed by atoms with van der Waals surface area (Å²) in [5.41, 5.74) is 2.89. The summed E-state index contributed by atoms with van der Waals surface area (Å²) in [4.78, 5) is 14.5. The van der Waals surface area contributed by atoms with Gasteiger partial charge in [0.05, 0.1) is 5.69 Å². The van der Waals surface area contributed by atoms with Gasteiger partial charge in [0.2, 0.25) is 0 Å². The van der Waals surface area contributed by atoms with Gasteiger partial charge in [-0.2, -0.15) is 0 Å². The minimum Gasteiger partial charge on any atom is -0.340 e. The van der Waals surface area contributed by atoms with Crippen molar-refractivity contribution in [1.82, 2.24) is 9.38 Å². The van der Waals surface area contributed by atoms with Gasteiger partial charge in [0.15, 0.2) is 5.43 Å². The van der Waals surface area contributed by atoms with Gasteiger partial charge < -0.3 is 9.38 Å². The Kier molecular flexibility index (Phi) is 2.37. The summed E-state index contributed by atoms with van der Waals surface area (Å²) in [6, 6.07) is 11.2. The molecule has 0 aliphatic rings. The van der Waals surface area contributed by atoms with Gasteiger partial charge in [-0.15, -0.1) is 0 Å². The average Bonchev–Trinajstić information content (AvgIpc) is 2.72. The Morgan fingerprint density at radius 1 is 1.12 bits per heavy atom. The second-order valence-corrected chi connectivity index (χ2v) is 4.75. The van der Waals surface area contributed by atoms with Crippen LogP contribution in [-0.2, 0) is 0 Å². The SMILES string of the molecule is O=c1ccn2cc(-c3ccc(Br)cc3)[nH]c2c1. The maximum absolute atomic E-state index is 11.2. The summed E-state index contributed by atoms with van der Waals surface area (Å²) in [5, 5.41) is 0. The van der Waals surface area contributed by atoms with Crippen molar-refractivity contribution in [2.75, 3.05) is 0 Å². The van der Waals surface area contributed by atoms with Crippen molar-refractivity contribution in [3.05, 3.63) is 63.5 Å². The van der Waals surface area contributed by atoms with E-state index in [0.29, 0.717) is 0 Å². The number of nitrogens with zero attached hydrogens (tertiary/aromatic N) is 1. The molecule has 0 unspecified atom stereocenters. The molecule has 0 saturated carbocycles. The van der Waals surface area contributed by atoms with Crippen LogP contribution in [0.4, 0.5) is 0 Å². The molecule has 0 atom stereocenters. The first-order chi connectivity index (χ1) is 8.22. The number of aromatic nitrogens is 2. The van der Waals surface area contributed by atoms with E-state index in [2.05, 4.69) is 20.9 Å². The van der Waals surface area contributed by atoms with Crippen LogP contribution in [0.15, 0.2) is 58.1 Å². The van der Waals surface area contributed by atoms with Gasteiger partial charge in [-0.3, -0.25) is 4.79 Å². The molecule has 17 heavy (non-hydrogen) atoms. The Morgan fingerprint density at radius 3 is 2.65 bits per heavy atom. The lowest BCUT2D eigenvalue weighted by Gasteiger charge is -1.96. The number of fused-ring (bicyclic) bond motifs is 1. The van der Waals surface area contributed by atoms with E-state index >= 15 is 0 Å². The van der Waals surface area contributed by atoms with E-state index < -0.39 is 0 Å². The predicted molar refractivity (Wildman–Crippen MR) is 71.2 cm³/mol. The largest absolute Gasteiger partial charge is 0.340 e. The van der Waals surface area contributed by atoms with Crippen molar-refractivity contribution < 1.29 is 0 Å². The highest BCUT2D eigenvalue weighted by molar-refractivity contribution is 9.10. The van der Waals surface area contributed by atoms with E-state index in [9.17, 15) is 4.79 Å². The number of nitrogens with one attached hydrogen (secondary N) is 1. The lowest BCUT2D eigenvalue weighted by Crippen LogP contribution is -1.97. The minimum atomic E-state index is 0.00852. The molecule has 0 saturated heterocycles. The third-order valence-electron chi connectivity index (χ3n) is 2.64. The molecule has 3 nitrogen and oxygen atoms in total. The summed E-state index contributed by atoms with van der Waals surface area (Å²) in [7, 11) is 0. The molecular formula is C13H9BrN2O. The first kappa shape index (κ1) is 10.4. The van der Waals surface area contributed by atoms with Crippen molar-refractivity contribution in [3.8, 4) is 11.3 Å². The zero-order valence-corrected chi connectivity index (χ0v) is 10.4. The van der Waals surface area contributed by atoms with Gasteiger partial charge in [0.1, 0.15) is 5.65 Å². The number of rotatable bonds is 1. The fourth-order valence-electron chi connectivity index (χ4n) is 1.79. The molecule has 0 spiro atoms. The van der Waals surface area contributed by atoms with Crippen LogP contribution in [0, 0.1) is 0 Å². The molecule has 84 valence electrons. The molecular weight excluding hydrogens is 280 g/mol. The molecule has 1 aromatic carbocycles. The van der Waals surface area contributed by atoms with E-state index in [1.54, 1.807) is 18.3 Å². The van der Waals surface area contributed by atoms with Crippen LogP contribution < -0.4 is 5.43 Å². The Labute approximate surface area is 106 Å². The van der Waals surface area contributed by atoms with Crippen LogP contribution in [0.5, 0.6) is 0 Å². The summed E-state index contributed by atoms with van der Waals surface area (Å²) in [6.07, 6.45) is 3.73. The highest BCUT2D eigenvalue weighted by Crippen LogP contribution is 2.20. The molecule has 0 fully saturated rings. The zero-order valence-electron chi connectivity index (χ0n) is 8.85. The standard InChI is InChI=1S/C13H9BrN2O/c14-10-3-1-9(2-4-10)12-8-16-6-5-11(17)7-13(16)15-12/h1-8,15H. The van der Waals surface area contributed by atoms with Crippen LogP contribution in [0.2, 0.25) is 0 Å². The van der Waals surface area contributed by atoms with Gasteiger partial charge in [-0.25, -0.2) is 0 Å². The number of imidazole rings is 1. The van der Waals surface area contributed by atoms with Crippen molar-refractivity contribution in [2.24, 2.45) is 0 Å². The molecule has 2 heterocycles. The van der Waals surface area contributed by atoms with Crippen LogP contribution in [0.3, 0.4) is 0 Å². The Hall–Kier alpha value is -1.81. The van der Waals surface area contributed by atoms with E-state index in [1.807, 2.05) is 34.9 Å². The number of hydrogen-bond acceptors (Lipinski definition) is 1. The number of H-pyrrole nitrogens is 1. The Morgan fingerprint density at radius 2 is 1.88 bits per heavy atom. The monoisotopic (exact) mass is 288 g/mol. The van der Waals surface area contributed by atoms with Crippen molar-refractivity contribution in [2.45, 2.75) is 0 Å². The average molecular weight is 289 g/mol. The maximum atomic E-state index is 11.2. The van der Waals surface area contributed by atoms with Gasteiger partial charge in [0.25, 0.3) is 0 Å². The second-order valence-electron chi connectivity index (χ2n) is 3.83. The van der Waals surface area contributed by atoms with Crippen LogP contribution >= 0.6 is 15.9 Å². The molecule has 4 heteroatoms. The van der Waals surface area contributed by atoms with Crippen molar-refractivity contribution in [1.29, 1.82) is 0 Å². The number of halogens is 1. The molecule has 1 N–H and O–H groups in total. The van der Waals surface area contributed by atoms with Crippen molar-refractivity contribution >= 4 is 21.6 Å². The summed E-state index contributed by atoms with van der Waals surface area (Å²) in [5.74, 6) is 0. The van der Waals surface area contributed by atoms with Gasteiger partial charge >= 0.3 is 0 Å². The molecule has 0 radical (unpaired) electrons. The number of aromatic amines is 1. The summed E-state index contributed by atoms with van der Waals surface area (Å²) >= 11 is 3.41. The van der Waals surface area contributed by atoms with Gasteiger partial charge in [-0.1, -0.05) is 28.1 Å². The van der Waals surface area contributed by atoms with Crippen molar-refractivity contribution in [3.63, 3.8) is 0 Å². The normalized spacial score (nSPS) is 10.9. The Bertz CT molecular complexity index is 725. The van der Waals surface area contributed by atoms with Gasteiger partial charge in [0, 0.05) is 29.0 Å². The molecule has 3 aromatic rings. The molecule has 0 amide bonds. The molecule has 3 rings (SSSR count). The lowest BCUT2D eigenvalue weighted by atomic mass is 10.2. The molecule has 0 aliphatic heterocycles. The fraction of sp³-hybridized carbons (Fsp3) is 0. The highest BCUT2D eigenvalue weighted by Gasteiger charge is 2.02. The topological polar surface area (TPSA) is 37.3 Å². The predicted octanol–water partition coefficient (Wildman–Crippen LogP) is 3.06. The third-order valence-corrected chi connectivity index (χ3v) is 3.17. The molecule has 0 aliphatic carbocycles. The Balaban J connectivity index is 2.17. The number of benzene rings is 1. The minimum absolute atomic E-state index is 0.00852. The fourth-order valence-corrected chi connectivity index (χ4v) is 2.05.